The summed E-state index contributed by atoms with van der Waals surface area (Å²) in [6.45, 7) is 2.68. The Morgan fingerprint density at radius 3 is 2.73 bits per heavy atom. The lowest BCUT2D eigenvalue weighted by molar-refractivity contribution is 0.0590. The number of aryl methyl sites for hydroxylation is 1. The first-order valence-electron chi connectivity index (χ1n) is 8.44. The zero-order valence-electron chi connectivity index (χ0n) is 14.9. The van der Waals surface area contributed by atoms with Gasteiger partial charge in [-0.05, 0) is 23.6 Å². The molecule has 1 aliphatic rings. The van der Waals surface area contributed by atoms with Crippen molar-refractivity contribution in [1.82, 2.24) is 14.2 Å². The van der Waals surface area contributed by atoms with E-state index in [-0.39, 0.29) is 10.6 Å². The summed E-state index contributed by atoms with van der Waals surface area (Å²) < 4.78 is 33.6. The van der Waals surface area contributed by atoms with Crippen molar-refractivity contribution in [2.45, 2.75) is 17.9 Å². The molecule has 0 radical (unpaired) electrons. The number of carbonyl (C=O) groups is 1. The van der Waals surface area contributed by atoms with Crippen LogP contribution in [0.2, 0.25) is 0 Å². The van der Waals surface area contributed by atoms with E-state index in [9.17, 15) is 13.2 Å². The maximum Gasteiger partial charge on any atom is 0.354 e. The number of aromatic nitrogens is 1. The largest absolute Gasteiger partial charge is 0.464 e. The molecular weight excluding hydrogens is 354 g/mol. The van der Waals surface area contributed by atoms with Crippen molar-refractivity contribution >= 4 is 16.0 Å². The molecule has 0 bridgehead atoms. The van der Waals surface area contributed by atoms with Gasteiger partial charge in [0.25, 0.3) is 0 Å². The molecule has 7 nitrogen and oxygen atoms in total. The van der Waals surface area contributed by atoms with Gasteiger partial charge in [-0.3, -0.25) is 4.90 Å². The van der Waals surface area contributed by atoms with Crippen LogP contribution in [0, 0.1) is 0 Å². The fourth-order valence-corrected chi connectivity index (χ4v) is 4.25. The third kappa shape index (κ3) is 3.98. The Hall–Kier alpha value is -2.16. The lowest BCUT2D eigenvalue weighted by Gasteiger charge is -2.28. The van der Waals surface area contributed by atoms with E-state index in [1.54, 1.807) is 7.05 Å². The van der Waals surface area contributed by atoms with Crippen molar-refractivity contribution < 1.29 is 17.9 Å². The number of sulfonamides is 1. The van der Waals surface area contributed by atoms with Gasteiger partial charge in [0.15, 0.2) is 0 Å². The van der Waals surface area contributed by atoms with E-state index in [1.165, 1.54) is 35.1 Å². The van der Waals surface area contributed by atoms with Crippen LogP contribution < -0.4 is 4.72 Å². The Bertz CT molecular complexity index is 905. The van der Waals surface area contributed by atoms with E-state index >= 15 is 0 Å². The van der Waals surface area contributed by atoms with Crippen LogP contribution in [0.4, 0.5) is 0 Å². The molecule has 26 heavy (non-hydrogen) atoms. The van der Waals surface area contributed by atoms with E-state index in [2.05, 4.69) is 26.5 Å². The molecule has 1 aromatic carbocycles. The highest BCUT2D eigenvalue weighted by molar-refractivity contribution is 7.89. The lowest BCUT2D eigenvalue weighted by Crippen LogP contribution is -2.37. The summed E-state index contributed by atoms with van der Waals surface area (Å²) >= 11 is 0. The second-order valence-electron chi connectivity index (χ2n) is 6.36. The molecule has 2 heterocycles. The Kier molecular flexibility index (Phi) is 5.45. The Labute approximate surface area is 153 Å². The van der Waals surface area contributed by atoms with Crippen molar-refractivity contribution in [1.29, 1.82) is 0 Å². The highest BCUT2D eigenvalue weighted by Crippen LogP contribution is 2.18. The van der Waals surface area contributed by atoms with Crippen LogP contribution in [-0.2, 0) is 34.8 Å². The lowest BCUT2D eigenvalue weighted by atomic mass is 10.0. The van der Waals surface area contributed by atoms with Gasteiger partial charge in [0, 0.05) is 39.4 Å². The van der Waals surface area contributed by atoms with Crippen molar-refractivity contribution in [3.63, 3.8) is 0 Å². The summed E-state index contributed by atoms with van der Waals surface area (Å²) in [7, 11) is -0.800. The number of hydrogen-bond donors (Lipinski definition) is 1. The second-order valence-corrected chi connectivity index (χ2v) is 8.12. The first-order valence-corrected chi connectivity index (χ1v) is 9.92. The summed E-state index contributed by atoms with van der Waals surface area (Å²) in [4.78, 5) is 13.9. The molecule has 0 saturated carbocycles. The third-order valence-electron chi connectivity index (χ3n) is 4.61. The molecule has 8 heteroatoms. The highest BCUT2D eigenvalue weighted by atomic mass is 32.2. The Balaban J connectivity index is 1.59. The van der Waals surface area contributed by atoms with Gasteiger partial charge in [-0.15, -0.1) is 0 Å². The highest BCUT2D eigenvalue weighted by Gasteiger charge is 2.21. The quantitative estimate of drug-likeness (QED) is 0.764. The van der Waals surface area contributed by atoms with E-state index in [4.69, 9.17) is 0 Å². The van der Waals surface area contributed by atoms with E-state index in [1.807, 2.05) is 12.1 Å². The summed E-state index contributed by atoms with van der Waals surface area (Å²) in [6, 6.07) is 9.66. The van der Waals surface area contributed by atoms with Crippen LogP contribution in [0.5, 0.6) is 0 Å². The Morgan fingerprint density at radius 1 is 1.27 bits per heavy atom. The third-order valence-corrected chi connectivity index (χ3v) is 6.04. The fourth-order valence-electron chi connectivity index (χ4n) is 3.16. The maximum absolute atomic E-state index is 12.5. The molecule has 0 spiro atoms. The maximum atomic E-state index is 12.5. The van der Waals surface area contributed by atoms with Gasteiger partial charge in [-0.25, -0.2) is 17.9 Å². The van der Waals surface area contributed by atoms with Crippen molar-refractivity contribution in [3.05, 3.63) is 53.3 Å². The van der Waals surface area contributed by atoms with Crippen LogP contribution in [-0.4, -0.2) is 50.6 Å². The van der Waals surface area contributed by atoms with Gasteiger partial charge in [0.1, 0.15) is 10.6 Å². The summed E-state index contributed by atoms with van der Waals surface area (Å²) in [5, 5.41) is 0. The number of methoxy groups -OCH3 is 1. The standard InChI is InChI=1S/C18H23N3O4S/c1-20-13-16(11-17(20)18(22)25-2)26(23,24)19-8-10-21-9-7-14-5-3-4-6-15(14)12-21/h3-6,11,13,19H,7-10,12H2,1-2H3. The smallest absolute Gasteiger partial charge is 0.354 e. The molecule has 3 rings (SSSR count). The Morgan fingerprint density at radius 2 is 2.00 bits per heavy atom. The average molecular weight is 377 g/mol. The summed E-state index contributed by atoms with van der Waals surface area (Å²) in [5.41, 5.74) is 2.86. The molecule has 0 unspecified atom stereocenters. The van der Waals surface area contributed by atoms with Crippen LogP contribution in [0.1, 0.15) is 21.6 Å². The number of rotatable bonds is 6. The monoisotopic (exact) mass is 377 g/mol. The van der Waals surface area contributed by atoms with Crippen LogP contribution in [0.25, 0.3) is 0 Å². The van der Waals surface area contributed by atoms with Gasteiger partial charge in [0.05, 0.1) is 7.11 Å². The summed E-state index contributed by atoms with van der Waals surface area (Å²) in [6.07, 6.45) is 2.38. The van der Waals surface area contributed by atoms with Gasteiger partial charge in [0.2, 0.25) is 10.0 Å². The number of benzene rings is 1. The molecule has 2 aromatic rings. The molecular formula is C18H23N3O4S. The minimum Gasteiger partial charge on any atom is -0.464 e. The van der Waals surface area contributed by atoms with Crippen LogP contribution >= 0.6 is 0 Å². The van der Waals surface area contributed by atoms with Gasteiger partial charge < -0.3 is 9.30 Å². The normalized spacial score (nSPS) is 14.8. The minimum absolute atomic E-state index is 0.0596. The second kappa shape index (κ2) is 7.61. The van der Waals surface area contributed by atoms with E-state index < -0.39 is 16.0 Å². The first kappa shape index (κ1) is 18.6. The number of nitrogens with zero attached hydrogens (tertiary/aromatic N) is 2. The minimum atomic E-state index is -3.67. The molecule has 0 saturated heterocycles. The van der Waals surface area contributed by atoms with Gasteiger partial charge >= 0.3 is 5.97 Å². The average Bonchev–Trinajstić information content (AvgIpc) is 3.03. The van der Waals surface area contributed by atoms with Crippen molar-refractivity contribution in [2.75, 3.05) is 26.7 Å². The molecule has 1 aliphatic heterocycles. The number of ether oxygens (including phenoxy) is 1. The molecule has 0 amide bonds. The molecule has 0 fully saturated rings. The molecule has 140 valence electrons. The van der Waals surface area contributed by atoms with E-state index in [0.717, 1.165) is 19.5 Å². The number of hydrogen-bond acceptors (Lipinski definition) is 5. The fraction of sp³-hybridized carbons (Fsp3) is 0.389. The first-order chi connectivity index (χ1) is 12.4. The van der Waals surface area contributed by atoms with Crippen molar-refractivity contribution in [2.24, 2.45) is 7.05 Å². The predicted octanol–water partition coefficient (Wildman–Crippen LogP) is 1.15. The summed E-state index contributed by atoms with van der Waals surface area (Å²) in [5.74, 6) is -0.569. The van der Waals surface area contributed by atoms with Gasteiger partial charge in [-0.1, -0.05) is 24.3 Å². The number of esters is 1. The number of nitrogens with one attached hydrogen (secondary N) is 1. The molecule has 1 N–H and O–H groups in total. The van der Waals surface area contributed by atoms with E-state index in [0.29, 0.717) is 13.1 Å². The van der Waals surface area contributed by atoms with Crippen molar-refractivity contribution in [3.8, 4) is 0 Å². The van der Waals surface area contributed by atoms with Crippen LogP contribution in [0.15, 0.2) is 41.4 Å². The molecule has 1 aromatic heterocycles. The molecule has 0 aliphatic carbocycles. The molecule has 0 atom stereocenters. The zero-order valence-corrected chi connectivity index (χ0v) is 15.8. The zero-order chi connectivity index (χ0) is 18.7. The van der Waals surface area contributed by atoms with Crippen LogP contribution in [0.3, 0.4) is 0 Å². The van der Waals surface area contributed by atoms with Gasteiger partial charge in [-0.2, -0.15) is 0 Å². The number of carbonyl (C=O) groups excluding carboxylic acids is 1. The SMILES string of the molecule is COC(=O)c1cc(S(=O)(=O)NCCN2CCc3ccccc3C2)cn1C. The predicted molar refractivity (Wildman–Crippen MR) is 97.4 cm³/mol. The number of fused-ring (bicyclic) bond motifs is 1. The topological polar surface area (TPSA) is 80.6 Å².